The van der Waals surface area contributed by atoms with E-state index in [9.17, 15) is 10.1 Å². The molecule has 0 amide bonds. The Balaban J connectivity index is 1.98. The van der Waals surface area contributed by atoms with Gasteiger partial charge in [-0.2, -0.15) is 0 Å². The molecule has 104 valence electrons. The minimum Gasteiger partial charge on any atom is -0.477 e. The summed E-state index contributed by atoms with van der Waals surface area (Å²) in [6, 6.07) is 1.40. The molecule has 2 unspecified atom stereocenters. The van der Waals surface area contributed by atoms with Crippen molar-refractivity contribution in [3.8, 4) is 5.88 Å². The van der Waals surface area contributed by atoms with Crippen molar-refractivity contribution < 1.29 is 9.66 Å². The number of hydrogen-bond donors (Lipinski definition) is 1. The average Bonchev–Trinajstić information content (AvgIpc) is 2.84. The van der Waals surface area contributed by atoms with Crippen molar-refractivity contribution in [2.75, 3.05) is 13.2 Å². The first kappa shape index (κ1) is 14.2. The standard InChI is InChI=1S/C12H16BrN3O3/c13-11-4-10(16(17)18)6-15-12(11)19-7-9-3-1-2-8(9)5-14/h4,6,8-9H,1-3,5,7,14H2. The average molecular weight is 330 g/mol. The number of aromatic nitrogens is 1. The number of ether oxygens (including phenoxy) is 1. The van der Waals surface area contributed by atoms with Crippen molar-refractivity contribution in [1.29, 1.82) is 0 Å². The van der Waals surface area contributed by atoms with Crippen LogP contribution in [-0.4, -0.2) is 23.1 Å². The molecule has 0 spiro atoms. The molecule has 0 aliphatic heterocycles. The van der Waals surface area contributed by atoms with Crippen molar-refractivity contribution in [3.05, 3.63) is 26.9 Å². The van der Waals surface area contributed by atoms with E-state index < -0.39 is 4.92 Å². The zero-order chi connectivity index (χ0) is 13.8. The summed E-state index contributed by atoms with van der Waals surface area (Å²) in [4.78, 5) is 14.1. The smallest absolute Gasteiger partial charge is 0.288 e. The van der Waals surface area contributed by atoms with Crippen LogP contribution in [0.3, 0.4) is 0 Å². The van der Waals surface area contributed by atoms with Crippen molar-refractivity contribution in [2.45, 2.75) is 19.3 Å². The second-order valence-corrected chi connectivity index (χ2v) is 5.59. The van der Waals surface area contributed by atoms with Crippen molar-refractivity contribution in [2.24, 2.45) is 17.6 Å². The Hall–Kier alpha value is -1.21. The van der Waals surface area contributed by atoms with Crippen LogP contribution in [0.25, 0.3) is 0 Å². The number of hydrogen-bond acceptors (Lipinski definition) is 5. The van der Waals surface area contributed by atoms with E-state index in [0.717, 1.165) is 12.8 Å². The molecule has 0 saturated heterocycles. The zero-order valence-electron chi connectivity index (χ0n) is 10.4. The monoisotopic (exact) mass is 329 g/mol. The molecule has 0 radical (unpaired) electrons. The molecule has 1 heterocycles. The van der Waals surface area contributed by atoms with E-state index in [4.69, 9.17) is 10.5 Å². The van der Waals surface area contributed by atoms with E-state index >= 15 is 0 Å². The summed E-state index contributed by atoms with van der Waals surface area (Å²) in [5, 5.41) is 10.6. The summed E-state index contributed by atoms with van der Waals surface area (Å²) in [5.41, 5.74) is 5.67. The van der Waals surface area contributed by atoms with Gasteiger partial charge in [0.1, 0.15) is 6.20 Å². The van der Waals surface area contributed by atoms with Gasteiger partial charge in [0.05, 0.1) is 16.0 Å². The Morgan fingerprint density at radius 1 is 1.53 bits per heavy atom. The fourth-order valence-corrected chi connectivity index (χ4v) is 2.90. The summed E-state index contributed by atoms with van der Waals surface area (Å²) < 4.78 is 6.16. The Morgan fingerprint density at radius 3 is 2.89 bits per heavy atom. The van der Waals surface area contributed by atoms with Gasteiger partial charge in [0.15, 0.2) is 0 Å². The summed E-state index contributed by atoms with van der Waals surface area (Å²) >= 11 is 3.24. The molecule has 1 aromatic heterocycles. The van der Waals surface area contributed by atoms with Gasteiger partial charge in [-0.3, -0.25) is 10.1 Å². The minimum absolute atomic E-state index is 0.0556. The number of pyridine rings is 1. The normalized spacial score (nSPS) is 22.4. The largest absolute Gasteiger partial charge is 0.477 e. The van der Waals surface area contributed by atoms with E-state index in [1.807, 2.05) is 0 Å². The van der Waals surface area contributed by atoms with E-state index in [2.05, 4.69) is 20.9 Å². The molecule has 0 aromatic carbocycles. The highest BCUT2D eigenvalue weighted by atomic mass is 79.9. The van der Waals surface area contributed by atoms with E-state index in [0.29, 0.717) is 35.3 Å². The SMILES string of the molecule is NCC1CCCC1COc1ncc([N+](=O)[O-])cc1Br. The Morgan fingerprint density at radius 2 is 2.26 bits per heavy atom. The van der Waals surface area contributed by atoms with Gasteiger partial charge in [0, 0.05) is 6.07 Å². The molecule has 1 fully saturated rings. The van der Waals surface area contributed by atoms with Crippen LogP contribution in [0, 0.1) is 22.0 Å². The zero-order valence-corrected chi connectivity index (χ0v) is 12.0. The Labute approximate surface area is 119 Å². The third-order valence-electron chi connectivity index (χ3n) is 3.56. The topological polar surface area (TPSA) is 91.3 Å². The molecule has 1 saturated carbocycles. The van der Waals surface area contributed by atoms with Crippen LogP contribution >= 0.6 is 15.9 Å². The van der Waals surface area contributed by atoms with E-state index in [1.54, 1.807) is 0 Å². The van der Waals surface area contributed by atoms with E-state index in [-0.39, 0.29) is 5.69 Å². The Kier molecular flexibility index (Phi) is 4.71. The maximum atomic E-state index is 10.6. The lowest BCUT2D eigenvalue weighted by Crippen LogP contribution is -2.23. The fraction of sp³-hybridized carbons (Fsp3) is 0.583. The molecule has 2 atom stereocenters. The highest BCUT2D eigenvalue weighted by Crippen LogP contribution is 2.32. The molecule has 1 aliphatic rings. The second-order valence-electron chi connectivity index (χ2n) is 4.74. The number of rotatable bonds is 5. The molecule has 6 nitrogen and oxygen atoms in total. The fourth-order valence-electron chi connectivity index (χ4n) is 2.45. The number of nitro groups is 1. The molecular weight excluding hydrogens is 314 g/mol. The van der Waals surface area contributed by atoms with Crippen LogP contribution in [0.1, 0.15) is 19.3 Å². The molecule has 1 aromatic rings. The first-order valence-corrected chi connectivity index (χ1v) is 7.04. The predicted octanol–water partition coefficient (Wildman–Crippen LogP) is 2.51. The number of halogens is 1. The first-order chi connectivity index (χ1) is 9.11. The Bertz CT molecular complexity index is 470. The maximum Gasteiger partial charge on any atom is 0.288 e. The highest BCUT2D eigenvalue weighted by Gasteiger charge is 2.27. The molecule has 0 bridgehead atoms. The molecule has 1 aliphatic carbocycles. The molecule has 2 N–H and O–H groups in total. The van der Waals surface area contributed by atoms with E-state index in [1.165, 1.54) is 18.7 Å². The number of nitrogens with two attached hydrogens (primary N) is 1. The summed E-state index contributed by atoms with van der Waals surface area (Å²) in [7, 11) is 0. The van der Waals surface area contributed by atoms with Crippen LogP contribution in [0.4, 0.5) is 5.69 Å². The van der Waals surface area contributed by atoms with Crippen LogP contribution in [0.5, 0.6) is 5.88 Å². The minimum atomic E-state index is -0.483. The second kappa shape index (κ2) is 6.29. The van der Waals surface area contributed by atoms with Gasteiger partial charge >= 0.3 is 0 Å². The molecule has 19 heavy (non-hydrogen) atoms. The van der Waals surface area contributed by atoms with Crippen LogP contribution in [0.2, 0.25) is 0 Å². The van der Waals surface area contributed by atoms with Gasteiger partial charge in [0.2, 0.25) is 5.88 Å². The molecule has 7 heteroatoms. The molecular formula is C12H16BrN3O3. The lowest BCUT2D eigenvalue weighted by Gasteiger charge is -2.18. The quantitative estimate of drug-likeness (QED) is 0.661. The third-order valence-corrected chi connectivity index (χ3v) is 4.13. The van der Waals surface area contributed by atoms with Crippen LogP contribution in [-0.2, 0) is 0 Å². The first-order valence-electron chi connectivity index (χ1n) is 6.24. The lowest BCUT2D eigenvalue weighted by atomic mass is 9.97. The van der Waals surface area contributed by atoms with Gasteiger partial charge in [0.25, 0.3) is 5.69 Å². The highest BCUT2D eigenvalue weighted by molar-refractivity contribution is 9.10. The summed E-state index contributed by atoms with van der Waals surface area (Å²) in [6.45, 7) is 1.24. The predicted molar refractivity (Wildman–Crippen MR) is 74.0 cm³/mol. The van der Waals surface area contributed by atoms with Crippen molar-refractivity contribution in [3.63, 3.8) is 0 Å². The third kappa shape index (κ3) is 3.42. The summed E-state index contributed by atoms with van der Waals surface area (Å²) in [5.74, 6) is 1.36. The molecule has 2 rings (SSSR count). The van der Waals surface area contributed by atoms with Crippen LogP contribution < -0.4 is 10.5 Å². The van der Waals surface area contributed by atoms with Gasteiger partial charge in [-0.25, -0.2) is 4.98 Å². The van der Waals surface area contributed by atoms with Crippen molar-refractivity contribution >= 4 is 21.6 Å². The maximum absolute atomic E-state index is 10.6. The van der Waals surface area contributed by atoms with Gasteiger partial charge in [-0.05, 0) is 47.2 Å². The van der Waals surface area contributed by atoms with Gasteiger partial charge in [-0.15, -0.1) is 0 Å². The van der Waals surface area contributed by atoms with Crippen molar-refractivity contribution in [1.82, 2.24) is 4.98 Å². The van der Waals surface area contributed by atoms with Crippen LogP contribution in [0.15, 0.2) is 16.7 Å². The van der Waals surface area contributed by atoms with Gasteiger partial charge in [-0.1, -0.05) is 6.42 Å². The van der Waals surface area contributed by atoms with Gasteiger partial charge < -0.3 is 10.5 Å². The number of nitrogens with zero attached hydrogens (tertiary/aromatic N) is 2. The lowest BCUT2D eigenvalue weighted by molar-refractivity contribution is -0.385. The summed E-state index contributed by atoms with van der Waals surface area (Å²) in [6.07, 6.45) is 4.66.